The molecule has 0 saturated carbocycles. The topological polar surface area (TPSA) is 84.5 Å². The molecular weight excluding hydrogens is 454 g/mol. The molecule has 3 aromatic rings. The molecule has 0 radical (unpaired) electrons. The highest BCUT2D eigenvalue weighted by Crippen LogP contribution is 2.31. The smallest absolute Gasteiger partial charge is 0.265 e. The van der Waals surface area contributed by atoms with E-state index >= 15 is 0 Å². The van der Waals surface area contributed by atoms with Crippen molar-refractivity contribution in [3.05, 3.63) is 82.1 Å². The molecule has 0 aliphatic heterocycles. The van der Waals surface area contributed by atoms with Gasteiger partial charge >= 0.3 is 0 Å². The van der Waals surface area contributed by atoms with Crippen molar-refractivity contribution in [3.63, 3.8) is 0 Å². The Labute approximate surface area is 182 Å². The Morgan fingerprint density at radius 3 is 2.37 bits per heavy atom. The van der Waals surface area contributed by atoms with Crippen LogP contribution in [-0.2, 0) is 10.0 Å². The van der Waals surface area contributed by atoms with Crippen LogP contribution in [0.3, 0.4) is 0 Å². The number of halogens is 3. The Morgan fingerprint density at radius 2 is 1.70 bits per heavy atom. The monoisotopic (exact) mass is 468 g/mol. The number of benzene rings is 3. The lowest BCUT2D eigenvalue weighted by molar-refractivity contribution is 0.102. The molecule has 3 aromatic carbocycles. The number of para-hydroxylation sites is 1. The molecular formula is C20H15Cl2FN2O4S. The first-order chi connectivity index (χ1) is 14.2. The van der Waals surface area contributed by atoms with E-state index in [1.54, 1.807) is 12.1 Å². The molecule has 3 rings (SSSR count). The molecule has 10 heteroatoms. The van der Waals surface area contributed by atoms with Gasteiger partial charge in [0.2, 0.25) is 0 Å². The molecule has 6 nitrogen and oxygen atoms in total. The van der Waals surface area contributed by atoms with E-state index in [0.29, 0.717) is 0 Å². The first kappa shape index (κ1) is 21.9. The zero-order valence-electron chi connectivity index (χ0n) is 15.4. The Bertz CT molecular complexity index is 1200. The molecule has 0 aromatic heterocycles. The second-order valence-corrected chi connectivity index (χ2v) is 8.47. The lowest BCUT2D eigenvalue weighted by Gasteiger charge is -2.14. The normalized spacial score (nSPS) is 11.1. The SMILES string of the molecule is COc1ccc(NC(=O)c2c(F)cccc2Cl)cc1S(=O)(=O)Nc1ccccc1Cl. The number of sulfonamides is 1. The molecule has 156 valence electrons. The first-order valence-corrected chi connectivity index (χ1v) is 10.7. The number of rotatable bonds is 6. The van der Waals surface area contributed by atoms with E-state index in [2.05, 4.69) is 10.0 Å². The van der Waals surface area contributed by atoms with Gasteiger partial charge in [-0.2, -0.15) is 0 Å². The second-order valence-electron chi connectivity index (χ2n) is 6.00. The van der Waals surface area contributed by atoms with Gasteiger partial charge in [0.15, 0.2) is 0 Å². The molecule has 0 saturated heterocycles. The van der Waals surface area contributed by atoms with E-state index in [1.807, 2.05) is 0 Å². The lowest BCUT2D eigenvalue weighted by Crippen LogP contribution is -2.17. The summed E-state index contributed by atoms with van der Waals surface area (Å²) in [5, 5.41) is 2.57. The largest absolute Gasteiger partial charge is 0.495 e. The van der Waals surface area contributed by atoms with Crippen molar-refractivity contribution in [1.29, 1.82) is 0 Å². The molecule has 30 heavy (non-hydrogen) atoms. The summed E-state index contributed by atoms with van der Waals surface area (Å²) in [4.78, 5) is 12.2. The summed E-state index contributed by atoms with van der Waals surface area (Å²) in [6.07, 6.45) is 0. The fraction of sp³-hybridized carbons (Fsp3) is 0.0500. The maximum absolute atomic E-state index is 14.0. The number of methoxy groups -OCH3 is 1. The standard InChI is InChI=1S/C20H15Cl2FN2O4S/c1-29-17-10-9-12(24-20(26)19-14(22)6-4-7-15(19)23)11-18(17)30(27,28)25-16-8-3-2-5-13(16)21/h2-11,25H,1H3,(H,24,26). The Hall–Kier alpha value is -2.81. The van der Waals surface area contributed by atoms with Crippen LogP contribution in [0.2, 0.25) is 10.0 Å². The summed E-state index contributed by atoms with van der Waals surface area (Å²) in [6, 6.07) is 14.1. The van der Waals surface area contributed by atoms with Crippen LogP contribution in [0.15, 0.2) is 65.6 Å². The number of hydrogen-bond donors (Lipinski definition) is 2. The number of hydrogen-bond acceptors (Lipinski definition) is 4. The average molecular weight is 469 g/mol. The molecule has 0 spiro atoms. The van der Waals surface area contributed by atoms with Crippen molar-refractivity contribution in [2.75, 3.05) is 17.1 Å². The molecule has 0 bridgehead atoms. The minimum Gasteiger partial charge on any atom is -0.495 e. The zero-order chi connectivity index (χ0) is 21.9. The van der Waals surface area contributed by atoms with Gasteiger partial charge in [-0.15, -0.1) is 0 Å². The second kappa shape index (κ2) is 8.91. The van der Waals surface area contributed by atoms with Gasteiger partial charge in [-0.1, -0.05) is 41.4 Å². The van der Waals surface area contributed by atoms with Crippen LogP contribution in [-0.4, -0.2) is 21.4 Å². The van der Waals surface area contributed by atoms with Crippen LogP contribution in [0.4, 0.5) is 15.8 Å². The molecule has 0 aliphatic rings. The third-order valence-corrected chi connectivity index (χ3v) is 6.05. The lowest BCUT2D eigenvalue weighted by atomic mass is 10.2. The number of anilines is 2. The summed E-state index contributed by atoms with van der Waals surface area (Å²) in [7, 11) is -2.82. The molecule has 0 heterocycles. The molecule has 0 aliphatic carbocycles. The van der Waals surface area contributed by atoms with E-state index in [-0.39, 0.29) is 37.6 Å². The maximum atomic E-state index is 14.0. The maximum Gasteiger partial charge on any atom is 0.265 e. The molecule has 1 amide bonds. The van der Waals surface area contributed by atoms with Crippen molar-refractivity contribution in [3.8, 4) is 5.75 Å². The third kappa shape index (κ3) is 4.67. The summed E-state index contributed by atoms with van der Waals surface area (Å²) in [6.45, 7) is 0. The number of carbonyl (C=O) groups excluding carboxylic acids is 1. The van der Waals surface area contributed by atoms with Gasteiger partial charge in [-0.25, -0.2) is 12.8 Å². The van der Waals surface area contributed by atoms with Crippen LogP contribution in [0.25, 0.3) is 0 Å². The number of nitrogens with one attached hydrogen (secondary N) is 2. The summed E-state index contributed by atoms with van der Waals surface area (Å²) < 4.78 is 47.3. The van der Waals surface area contributed by atoms with Crippen LogP contribution >= 0.6 is 23.2 Å². The van der Waals surface area contributed by atoms with Gasteiger partial charge in [0.05, 0.1) is 28.4 Å². The summed E-state index contributed by atoms with van der Waals surface area (Å²) >= 11 is 11.9. The van der Waals surface area contributed by atoms with E-state index in [9.17, 15) is 17.6 Å². The molecule has 0 atom stereocenters. The minimum absolute atomic E-state index is 0.0384. The summed E-state index contributed by atoms with van der Waals surface area (Å²) in [5.41, 5.74) is -0.0814. The molecule has 0 fully saturated rings. The summed E-state index contributed by atoms with van der Waals surface area (Å²) in [5.74, 6) is -1.59. The van der Waals surface area contributed by atoms with Gasteiger partial charge in [0.25, 0.3) is 15.9 Å². The van der Waals surface area contributed by atoms with Crippen molar-refractivity contribution in [2.45, 2.75) is 4.90 Å². The first-order valence-electron chi connectivity index (χ1n) is 8.43. The van der Waals surface area contributed by atoms with Crippen molar-refractivity contribution in [2.24, 2.45) is 0 Å². The third-order valence-electron chi connectivity index (χ3n) is 4.02. The van der Waals surface area contributed by atoms with Crippen LogP contribution in [0.1, 0.15) is 10.4 Å². The fourth-order valence-electron chi connectivity index (χ4n) is 2.62. The zero-order valence-corrected chi connectivity index (χ0v) is 17.8. The van der Waals surface area contributed by atoms with Crippen LogP contribution in [0.5, 0.6) is 5.75 Å². The van der Waals surface area contributed by atoms with Gasteiger partial charge in [-0.05, 0) is 42.5 Å². The number of carbonyl (C=O) groups is 1. The quantitative estimate of drug-likeness (QED) is 0.520. The Morgan fingerprint density at radius 1 is 1.00 bits per heavy atom. The highest BCUT2D eigenvalue weighted by atomic mass is 35.5. The van der Waals surface area contributed by atoms with E-state index in [0.717, 1.165) is 6.07 Å². The van der Waals surface area contributed by atoms with E-state index in [4.69, 9.17) is 27.9 Å². The molecule has 0 unspecified atom stereocenters. The van der Waals surface area contributed by atoms with E-state index < -0.39 is 21.7 Å². The van der Waals surface area contributed by atoms with Crippen molar-refractivity contribution in [1.82, 2.24) is 0 Å². The number of ether oxygens (including phenoxy) is 1. The van der Waals surface area contributed by atoms with Crippen LogP contribution < -0.4 is 14.8 Å². The van der Waals surface area contributed by atoms with Crippen molar-refractivity contribution >= 4 is 50.5 Å². The van der Waals surface area contributed by atoms with Gasteiger partial charge in [0.1, 0.15) is 16.5 Å². The van der Waals surface area contributed by atoms with Crippen molar-refractivity contribution < 1.29 is 22.3 Å². The van der Waals surface area contributed by atoms with E-state index in [1.165, 1.54) is 49.6 Å². The highest BCUT2D eigenvalue weighted by molar-refractivity contribution is 7.92. The predicted molar refractivity (Wildman–Crippen MR) is 115 cm³/mol. The minimum atomic E-state index is -4.13. The Kier molecular flexibility index (Phi) is 6.50. The van der Waals surface area contributed by atoms with Crippen LogP contribution in [0, 0.1) is 5.82 Å². The average Bonchev–Trinajstić information content (AvgIpc) is 2.69. The predicted octanol–water partition coefficient (Wildman–Crippen LogP) is 5.19. The fourth-order valence-corrected chi connectivity index (χ4v) is 4.38. The molecule has 2 N–H and O–H groups in total. The van der Waals surface area contributed by atoms with Gasteiger partial charge < -0.3 is 10.1 Å². The van der Waals surface area contributed by atoms with Gasteiger partial charge in [-0.3, -0.25) is 9.52 Å². The number of amides is 1. The Balaban J connectivity index is 1.96. The highest BCUT2D eigenvalue weighted by Gasteiger charge is 2.23. The van der Waals surface area contributed by atoms with Gasteiger partial charge in [0, 0.05) is 5.69 Å².